The Bertz CT molecular complexity index is 1590. The van der Waals surface area contributed by atoms with Gasteiger partial charge in [0.1, 0.15) is 22.1 Å². The number of rotatable bonds is 8. The predicted molar refractivity (Wildman–Crippen MR) is 174 cm³/mol. The second-order valence-corrected chi connectivity index (χ2v) is 13.4. The first-order chi connectivity index (χ1) is 20.8. The van der Waals surface area contributed by atoms with Gasteiger partial charge < -0.3 is 14.5 Å². The smallest absolute Gasteiger partial charge is 0.410 e. The highest BCUT2D eigenvalue weighted by Gasteiger charge is 2.35. The van der Waals surface area contributed by atoms with E-state index < -0.39 is 17.2 Å². The molecule has 0 saturated heterocycles. The Hall–Kier alpha value is -3.56. The summed E-state index contributed by atoms with van der Waals surface area (Å²) in [7, 11) is 1.74. The molecule has 1 aliphatic carbocycles. The number of hydrogen-bond donors (Lipinski definition) is 0. The van der Waals surface area contributed by atoms with Gasteiger partial charge >= 0.3 is 6.09 Å². The number of nitrogens with zero attached hydrogens (tertiary/aromatic N) is 3. The minimum absolute atomic E-state index is 0.0159. The fourth-order valence-electron chi connectivity index (χ4n) is 5.45. The number of thiophene rings is 1. The fourth-order valence-corrected chi connectivity index (χ4v) is 6.96. The van der Waals surface area contributed by atoms with Crippen LogP contribution in [0.5, 0.6) is 0 Å². The molecular formula is C34H38ClF2N3O3S. The van der Waals surface area contributed by atoms with Crippen LogP contribution in [-0.2, 0) is 4.74 Å². The molecule has 1 fully saturated rings. The van der Waals surface area contributed by atoms with Gasteiger partial charge in [0.2, 0.25) is 0 Å². The lowest BCUT2D eigenvalue weighted by Gasteiger charge is -2.40. The Labute approximate surface area is 266 Å². The number of ether oxygens (including phenoxy) is 1. The zero-order chi connectivity index (χ0) is 32.2. The van der Waals surface area contributed by atoms with Crippen molar-refractivity contribution in [3.8, 4) is 0 Å². The van der Waals surface area contributed by atoms with Crippen molar-refractivity contribution in [1.29, 1.82) is 0 Å². The summed E-state index contributed by atoms with van der Waals surface area (Å²) in [6.07, 6.45) is 11.2. The highest BCUT2D eigenvalue weighted by molar-refractivity contribution is 7.21. The lowest BCUT2D eigenvalue weighted by molar-refractivity contribution is 0.0150. The first-order valence-electron chi connectivity index (χ1n) is 14.5. The summed E-state index contributed by atoms with van der Waals surface area (Å²) < 4.78 is 34.9. The van der Waals surface area contributed by atoms with E-state index in [-0.39, 0.29) is 50.6 Å². The Kier molecular flexibility index (Phi) is 10.6. The van der Waals surface area contributed by atoms with E-state index >= 15 is 0 Å². The second-order valence-electron chi connectivity index (χ2n) is 12.0. The molecule has 0 unspecified atom stereocenters. The van der Waals surface area contributed by atoms with Gasteiger partial charge in [-0.25, -0.2) is 13.6 Å². The van der Waals surface area contributed by atoms with Gasteiger partial charge in [0.15, 0.2) is 0 Å². The van der Waals surface area contributed by atoms with Crippen LogP contribution in [0.4, 0.5) is 13.6 Å². The highest BCUT2D eigenvalue weighted by atomic mass is 35.5. The zero-order valence-electron chi connectivity index (χ0n) is 25.7. The average molecular weight is 642 g/mol. The first-order valence-corrected chi connectivity index (χ1v) is 15.7. The number of carbonyl (C=O) groups is 2. The van der Waals surface area contributed by atoms with Gasteiger partial charge in [0, 0.05) is 38.1 Å². The number of fused-ring (bicyclic) bond motifs is 1. The van der Waals surface area contributed by atoms with Crippen molar-refractivity contribution in [1.82, 2.24) is 14.8 Å². The van der Waals surface area contributed by atoms with Crippen molar-refractivity contribution in [3.05, 3.63) is 94.1 Å². The van der Waals surface area contributed by atoms with Gasteiger partial charge in [-0.3, -0.25) is 9.78 Å². The molecule has 0 aliphatic heterocycles. The molecule has 2 heterocycles. The Morgan fingerprint density at radius 2 is 1.70 bits per heavy atom. The molecule has 10 heteroatoms. The predicted octanol–water partition coefficient (Wildman–Crippen LogP) is 9.06. The van der Waals surface area contributed by atoms with E-state index in [0.717, 1.165) is 40.2 Å². The summed E-state index contributed by atoms with van der Waals surface area (Å²) in [5.74, 6) is -1.69. The third-order valence-electron chi connectivity index (χ3n) is 7.61. The molecule has 1 saturated carbocycles. The minimum atomic E-state index is -0.674. The molecule has 2 aromatic heterocycles. The van der Waals surface area contributed by atoms with Crippen LogP contribution in [0.25, 0.3) is 15.7 Å². The molecule has 0 spiro atoms. The molecule has 0 radical (unpaired) electrons. The van der Waals surface area contributed by atoms with Crippen molar-refractivity contribution in [3.63, 3.8) is 0 Å². The molecular weight excluding hydrogens is 604 g/mol. The maximum absolute atomic E-state index is 14.7. The average Bonchev–Trinajstić information content (AvgIpc) is 3.35. The molecule has 0 atom stereocenters. The molecule has 1 aromatic carbocycles. The van der Waals surface area contributed by atoms with Crippen molar-refractivity contribution in [2.45, 2.75) is 71.1 Å². The number of benzene rings is 1. The summed E-state index contributed by atoms with van der Waals surface area (Å²) >= 11 is 7.43. The summed E-state index contributed by atoms with van der Waals surface area (Å²) in [5, 5.41) is -0.162. The van der Waals surface area contributed by atoms with Crippen LogP contribution < -0.4 is 0 Å². The molecule has 3 aromatic rings. The first kappa shape index (κ1) is 33.3. The topological polar surface area (TPSA) is 62.7 Å². The Morgan fingerprint density at radius 1 is 1.09 bits per heavy atom. The molecule has 1 aliphatic rings. The van der Waals surface area contributed by atoms with Gasteiger partial charge in [-0.2, -0.15) is 0 Å². The molecule has 0 bridgehead atoms. The van der Waals surface area contributed by atoms with E-state index in [0.29, 0.717) is 25.7 Å². The fraction of sp³-hybridized carbons (Fsp3) is 0.382. The van der Waals surface area contributed by atoms with Crippen molar-refractivity contribution in [2.24, 2.45) is 0 Å². The number of amides is 2. The SMILES string of the molecule is C=C/C=C(\C=C(/C)CN(C(=O)c1sc2c(F)ccc(F)c2c1Cl)C1CCC(N(C)C(=O)OC(C)(C)C)CC1)c1ccncc1. The van der Waals surface area contributed by atoms with Crippen molar-refractivity contribution in [2.75, 3.05) is 13.6 Å². The lowest BCUT2D eigenvalue weighted by Crippen LogP contribution is -2.48. The molecule has 6 nitrogen and oxygen atoms in total. The molecule has 2 amide bonds. The standard InChI is InChI=1S/C34H38ClF2N3O3S/c1-7-8-23(22-15-17-38-18-16-22)19-21(2)20-40(25-11-9-24(10-12-25)39(6)33(42)43-34(3,4)5)32(41)31-29(35)28-26(36)13-14-27(37)30(28)44-31/h7-8,13-19,24-25H,1,9-12,20H2,2-6H3/b21-19+,23-8+. The maximum Gasteiger partial charge on any atom is 0.410 e. The molecule has 4 rings (SSSR count). The van der Waals surface area contributed by atoms with Crippen LogP contribution in [0.3, 0.4) is 0 Å². The maximum atomic E-state index is 14.7. The molecule has 44 heavy (non-hydrogen) atoms. The number of carbonyl (C=O) groups excluding carboxylic acids is 2. The van der Waals surface area contributed by atoms with Gasteiger partial charge in [-0.05, 0) is 88.8 Å². The van der Waals surface area contributed by atoms with Crippen molar-refractivity contribution >= 4 is 50.6 Å². The van der Waals surface area contributed by atoms with E-state index in [1.54, 1.807) is 35.3 Å². The summed E-state index contributed by atoms with van der Waals surface area (Å²) in [5.41, 5.74) is 2.14. The van der Waals surface area contributed by atoms with Crippen LogP contribution >= 0.6 is 22.9 Å². The number of hydrogen-bond acceptors (Lipinski definition) is 5. The van der Waals surface area contributed by atoms with Crippen LogP contribution in [0.1, 0.15) is 68.6 Å². The number of allylic oxidation sites excluding steroid dienone is 4. The van der Waals surface area contributed by atoms with Gasteiger partial charge in [-0.1, -0.05) is 42.0 Å². The van der Waals surface area contributed by atoms with Crippen LogP contribution in [0.15, 0.2) is 67.0 Å². The van der Waals surface area contributed by atoms with E-state index in [1.165, 1.54) is 0 Å². The summed E-state index contributed by atoms with van der Waals surface area (Å²) in [6, 6.07) is 5.62. The lowest BCUT2D eigenvalue weighted by atomic mass is 9.89. The van der Waals surface area contributed by atoms with E-state index in [2.05, 4.69) is 11.6 Å². The van der Waals surface area contributed by atoms with Crippen LogP contribution in [-0.4, -0.2) is 58.1 Å². The summed E-state index contributed by atoms with van der Waals surface area (Å²) in [6.45, 7) is 11.5. The quantitative estimate of drug-likeness (QED) is 0.230. The van der Waals surface area contributed by atoms with Crippen LogP contribution in [0, 0.1) is 11.6 Å². The zero-order valence-corrected chi connectivity index (χ0v) is 27.3. The normalized spacial score (nSPS) is 17.8. The van der Waals surface area contributed by atoms with Gasteiger partial charge in [0.25, 0.3) is 5.91 Å². The van der Waals surface area contributed by atoms with Crippen LogP contribution in [0.2, 0.25) is 5.02 Å². The molecule has 234 valence electrons. The number of aromatic nitrogens is 1. The van der Waals surface area contributed by atoms with Gasteiger partial charge in [0.05, 0.1) is 15.1 Å². The third-order valence-corrected chi connectivity index (χ3v) is 9.28. The van der Waals surface area contributed by atoms with E-state index in [1.807, 2.05) is 52.0 Å². The second kappa shape index (κ2) is 14.0. The van der Waals surface area contributed by atoms with E-state index in [9.17, 15) is 18.4 Å². The monoisotopic (exact) mass is 641 g/mol. The van der Waals surface area contributed by atoms with E-state index in [4.69, 9.17) is 16.3 Å². The largest absolute Gasteiger partial charge is 0.444 e. The van der Waals surface area contributed by atoms with Gasteiger partial charge in [-0.15, -0.1) is 11.3 Å². The third kappa shape index (κ3) is 7.74. The van der Waals surface area contributed by atoms with Crippen molar-refractivity contribution < 1.29 is 23.1 Å². The highest BCUT2D eigenvalue weighted by Crippen LogP contribution is 2.40. The number of pyridine rings is 1. The number of halogens is 3. The Balaban J connectivity index is 1.64. The Morgan fingerprint density at radius 3 is 2.30 bits per heavy atom. The molecule has 0 N–H and O–H groups in total. The summed E-state index contributed by atoms with van der Waals surface area (Å²) in [4.78, 5) is 34.5. The minimum Gasteiger partial charge on any atom is -0.444 e.